The van der Waals surface area contributed by atoms with Gasteiger partial charge in [-0.05, 0) is 32.1 Å². The number of piperidine rings is 1. The number of carbonyl (C=O) groups is 1. The van der Waals surface area contributed by atoms with Crippen molar-refractivity contribution in [3.8, 4) is 0 Å². The molecule has 0 aromatic carbocycles. The van der Waals surface area contributed by atoms with Crippen LogP contribution in [0.4, 0.5) is 0 Å². The maximum absolute atomic E-state index is 12.2. The van der Waals surface area contributed by atoms with Gasteiger partial charge in [-0.3, -0.25) is 9.69 Å². The van der Waals surface area contributed by atoms with E-state index in [1.165, 1.54) is 0 Å². The highest BCUT2D eigenvalue weighted by Crippen LogP contribution is 2.39. The Morgan fingerprint density at radius 2 is 2.23 bits per heavy atom. The third-order valence-electron chi connectivity index (χ3n) is 4.69. The Hall–Kier alpha value is -1.40. The summed E-state index contributed by atoms with van der Waals surface area (Å²) in [4.78, 5) is 14.5. The van der Waals surface area contributed by atoms with Crippen molar-refractivity contribution >= 4 is 5.91 Å². The molecule has 1 aliphatic carbocycles. The van der Waals surface area contributed by atoms with Crippen LogP contribution >= 0.6 is 0 Å². The minimum atomic E-state index is -0.180. The summed E-state index contributed by atoms with van der Waals surface area (Å²) in [5.41, 5.74) is 0.378. The molecule has 1 saturated carbocycles. The highest BCUT2D eigenvalue weighted by Gasteiger charge is 2.43. The van der Waals surface area contributed by atoms with Gasteiger partial charge in [-0.25, -0.2) is 0 Å². The van der Waals surface area contributed by atoms with Crippen molar-refractivity contribution < 1.29 is 14.4 Å². The lowest BCUT2D eigenvalue weighted by Crippen LogP contribution is -2.36. The molecule has 2 N–H and O–H groups in total. The number of rotatable bonds is 6. The molecule has 3 rings (SSSR count). The van der Waals surface area contributed by atoms with E-state index in [0.29, 0.717) is 18.0 Å². The van der Waals surface area contributed by atoms with Crippen LogP contribution in [0.15, 0.2) is 10.6 Å². The van der Waals surface area contributed by atoms with Gasteiger partial charge in [-0.1, -0.05) is 18.5 Å². The highest BCUT2D eigenvalue weighted by atomic mass is 16.5. The molecule has 1 aromatic heterocycles. The zero-order valence-electron chi connectivity index (χ0n) is 13.2. The first-order valence-corrected chi connectivity index (χ1v) is 8.29. The maximum atomic E-state index is 12.2. The van der Waals surface area contributed by atoms with Crippen LogP contribution in [0.5, 0.6) is 0 Å². The molecule has 0 spiro atoms. The van der Waals surface area contributed by atoms with E-state index < -0.39 is 0 Å². The van der Waals surface area contributed by atoms with Gasteiger partial charge in [0.1, 0.15) is 0 Å². The summed E-state index contributed by atoms with van der Waals surface area (Å²) in [6.07, 6.45) is 5.63. The summed E-state index contributed by atoms with van der Waals surface area (Å²) in [5.74, 6) is 0.580. The van der Waals surface area contributed by atoms with Crippen LogP contribution in [-0.4, -0.2) is 45.8 Å². The summed E-state index contributed by atoms with van der Waals surface area (Å²) >= 11 is 0. The summed E-state index contributed by atoms with van der Waals surface area (Å²) in [6.45, 7) is 4.48. The number of nitrogens with zero attached hydrogens (tertiary/aromatic N) is 2. The predicted molar refractivity (Wildman–Crippen MR) is 81.4 cm³/mol. The van der Waals surface area contributed by atoms with Gasteiger partial charge in [0.25, 0.3) is 5.91 Å². The fourth-order valence-corrected chi connectivity index (χ4v) is 3.16. The van der Waals surface area contributed by atoms with E-state index >= 15 is 0 Å². The van der Waals surface area contributed by atoms with Crippen molar-refractivity contribution in [1.82, 2.24) is 15.4 Å². The lowest BCUT2D eigenvalue weighted by molar-refractivity contribution is 0.0748. The number of hydrogen-bond acceptors (Lipinski definition) is 5. The number of aliphatic hydroxyl groups excluding tert-OH is 1. The summed E-state index contributed by atoms with van der Waals surface area (Å²) in [7, 11) is 0. The molecule has 2 aliphatic rings. The Kier molecular flexibility index (Phi) is 4.49. The van der Waals surface area contributed by atoms with E-state index in [-0.39, 0.29) is 17.6 Å². The fourth-order valence-electron chi connectivity index (χ4n) is 3.16. The number of nitrogens with one attached hydrogen (secondary N) is 1. The van der Waals surface area contributed by atoms with Crippen LogP contribution in [0.3, 0.4) is 0 Å². The fraction of sp³-hybridized carbons (Fsp3) is 0.750. The molecule has 6 heteroatoms. The smallest absolute Gasteiger partial charge is 0.273 e. The van der Waals surface area contributed by atoms with Gasteiger partial charge in [0.05, 0.1) is 12.6 Å². The monoisotopic (exact) mass is 307 g/mol. The molecule has 2 fully saturated rings. The standard InChI is InChI=1S/C16H25N3O3/c1-2-5-16(6-7-16)17-15(21)14-10-13(22-18-14)11-19-8-3-12(20)4-9-19/h10,12,20H,2-9,11H2,1H3,(H,17,21). The zero-order chi connectivity index (χ0) is 15.6. The van der Waals surface area contributed by atoms with Gasteiger partial charge >= 0.3 is 0 Å². The summed E-state index contributed by atoms with van der Waals surface area (Å²) in [5, 5.41) is 16.5. The first kappa shape index (κ1) is 15.5. The van der Waals surface area contributed by atoms with E-state index in [4.69, 9.17) is 4.52 Å². The molecule has 22 heavy (non-hydrogen) atoms. The molecule has 122 valence electrons. The molecule has 2 heterocycles. The maximum Gasteiger partial charge on any atom is 0.273 e. The minimum Gasteiger partial charge on any atom is -0.393 e. The third kappa shape index (κ3) is 3.67. The summed E-state index contributed by atoms with van der Waals surface area (Å²) in [6, 6.07) is 1.74. The highest BCUT2D eigenvalue weighted by molar-refractivity contribution is 5.93. The van der Waals surface area contributed by atoms with Crippen LogP contribution in [0.1, 0.15) is 61.7 Å². The van der Waals surface area contributed by atoms with Crippen LogP contribution in [0.25, 0.3) is 0 Å². The second kappa shape index (κ2) is 6.38. The van der Waals surface area contributed by atoms with Crippen LogP contribution in [-0.2, 0) is 6.54 Å². The number of hydrogen-bond donors (Lipinski definition) is 2. The van der Waals surface area contributed by atoms with Gasteiger partial charge in [-0.15, -0.1) is 0 Å². The topological polar surface area (TPSA) is 78.6 Å². The number of likely N-dealkylation sites (tertiary alicyclic amines) is 1. The Morgan fingerprint density at radius 3 is 2.86 bits per heavy atom. The van der Waals surface area contributed by atoms with Crippen molar-refractivity contribution in [3.05, 3.63) is 17.5 Å². The van der Waals surface area contributed by atoms with Crippen LogP contribution in [0.2, 0.25) is 0 Å². The van der Waals surface area contributed by atoms with Crippen molar-refractivity contribution in [2.75, 3.05) is 13.1 Å². The third-order valence-corrected chi connectivity index (χ3v) is 4.69. The second-order valence-electron chi connectivity index (χ2n) is 6.67. The van der Waals surface area contributed by atoms with Crippen molar-refractivity contribution in [2.24, 2.45) is 0 Å². The molecular formula is C16H25N3O3. The molecular weight excluding hydrogens is 282 g/mol. The molecule has 6 nitrogen and oxygen atoms in total. The quantitative estimate of drug-likeness (QED) is 0.836. The Labute approximate surface area is 130 Å². The summed E-state index contributed by atoms with van der Waals surface area (Å²) < 4.78 is 5.30. The van der Waals surface area contributed by atoms with Gasteiger partial charge < -0.3 is 14.9 Å². The second-order valence-corrected chi connectivity index (χ2v) is 6.67. The first-order valence-electron chi connectivity index (χ1n) is 8.29. The zero-order valence-corrected chi connectivity index (χ0v) is 13.2. The van der Waals surface area contributed by atoms with E-state index in [1.54, 1.807) is 6.07 Å². The van der Waals surface area contributed by atoms with Crippen molar-refractivity contribution in [1.29, 1.82) is 0 Å². The molecule has 0 atom stereocenters. The van der Waals surface area contributed by atoms with E-state index in [1.807, 2.05) is 0 Å². The average molecular weight is 307 g/mol. The molecule has 0 bridgehead atoms. The molecule has 1 saturated heterocycles. The van der Waals surface area contributed by atoms with Crippen LogP contribution < -0.4 is 5.32 Å². The van der Waals surface area contributed by atoms with Gasteiger partial charge in [0.2, 0.25) is 0 Å². The minimum absolute atomic E-state index is 0.00789. The molecule has 1 amide bonds. The van der Waals surface area contributed by atoms with Gasteiger partial charge in [0.15, 0.2) is 11.5 Å². The normalized spacial score (nSPS) is 21.7. The number of aromatic nitrogens is 1. The van der Waals surface area contributed by atoms with E-state index in [0.717, 1.165) is 51.6 Å². The molecule has 0 radical (unpaired) electrons. The van der Waals surface area contributed by atoms with Crippen LogP contribution in [0, 0.1) is 0 Å². The number of carbonyl (C=O) groups excluding carboxylic acids is 1. The lowest BCUT2D eigenvalue weighted by Gasteiger charge is -2.28. The van der Waals surface area contributed by atoms with Crippen molar-refractivity contribution in [2.45, 2.75) is 63.6 Å². The Balaban J connectivity index is 1.53. The average Bonchev–Trinajstić information content (AvgIpc) is 3.08. The van der Waals surface area contributed by atoms with Crippen molar-refractivity contribution in [3.63, 3.8) is 0 Å². The van der Waals surface area contributed by atoms with Gasteiger partial charge in [0, 0.05) is 24.7 Å². The Morgan fingerprint density at radius 1 is 1.50 bits per heavy atom. The predicted octanol–water partition coefficient (Wildman–Crippen LogP) is 1.69. The number of amides is 1. The molecule has 1 aliphatic heterocycles. The SMILES string of the molecule is CCCC1(NC(=O)c2cc(CN3CCC(O)CC3)on2)CC1. The lowest BCUT2D eigenvalue weighted by atomic mass is 10.1. The Bertz CT molecular complexity index is 516. The number of aliphatic hydroxyl groups is 1. The molecule has 0 unspecified atom stereocenters. The van der Waals surface area contributed by atoms with E-state index in [2.05, 4.69) is 22.3 Å². The molecule has 1 aromatic rings. The van der Waals surface area contributed by atoms with Gasteiger partial charge in [-0.2, -0.15) is 0 Å². The largest absolute Gasteiger partial charge is 0.393 e. The van der Waals surface area contributed by atoms with E-state index in [9.17, 15) is 9.90 Å². The first-order chi connectivity index (χ1) is 10.6.